The van der Waals surface area contributed by atoms with Crippen LogP contribution < -0.4 is 10.5 Å². The van der Waals surface area contributed by atoms with Gasteiger partial charge < -0.3 is 5.32 Å². The summed E-state index contributed by atoms with van der Waals surface area (Å²) in [6, 6.07) is 8.40. The third-order valence-corrected chi connectivity index (χ3v) is 4.72. The highest BCUT2D eigenvalue weighted by atomic mass is 35.5. The lowest BCUT2D eigenvalue weighted by Crippen LogP contribution is -2.41. The number of halogens is 1. The average molecular weight is 303 g/mol. The van der Waals surface area contributed by atoms with Crippen LogP contribution in [0.25, 0.3) is 0 Å². The van der Waals surface area contributed by atoms with Gasteiger partial charge in [0.15, 0.2) is 0 Å². The Hall–Kier alpha value is -0.620. The van der Waals surface area contributed by atoms with Crippen molar-refractivity contribution in [2.24, 2.45) is 5.14 Å². The van der Waals surface area contributed by atoms with Crippen LogP contribution in [0.2, 0.25) is 5.02 Å². The summed E-state index contributed by atoms with van der Waals surface area (Å²) in [5.74, 6) is 0.560. The van der Waals surface area contributed by atoms with E-state index in [1.807, 2.05) is 18.2 Å². The minimum atomic E-state index is -3.33. The van der Waals surface area contributed by atoms with Gasteiger partial charge in [0.2, 0.25) is 10.0 Å². The van der Waals surface area contributed by atoms with E-state index in [-0.39, 0.29) is 5.75 Å². The van der Waals surface area contributed by atoms with Crippen molar-refractivity contribution in [1.82, 2.24) is 5.32 Å². The standard InChI is InChI=1S/C13H19ClN2O2S/c14-13-5-2-1-4-12(13)10-8-11(9-10)16-6-3-7-19(15,17)18/h1-2,4-5,10-11,16H,3,6-9H2,(H2,15,17,18). The number of sulfonamides is 1. The molecule has 1 aromatic rings. The number of benzene rings is 1. The van der Waals surface area contributed by atoms with Gasteiger partial charge in [-0.1, -0.05) is 29.8 Å². The fourth-order valence-electron chi connectivity index (χ4n) is 2.42. The molecule has 0 bridgehead atoms. The molecule has 0 aromatic heterocycles. The largest absolute Gasteiger partial charge is 0.314 e. The SMILES string of the molecule is NS(=O)(=O)CCCNC1CC(c2ccccc2Cl)C1. The molecule has 1 aromatic carbocycles. The van der Waals surface area contributed by atoms with E-state index in [9.17, 15) is 8.42 Å². The Morgan fingerprint density at radius 3 is 2.63 bits per heavy atom. The first kappa shape index (κ1) is 14.8. The van der Waals surface area contributed by atoms with Gasteiger partial charge in [-0.05, 0) is 43.4 Å². The van der Waals surface area contributed by atoms with Crippen molar-refractivity contribution in [3.05, 3.63) is 34.9 Å². The van der Waals surface area contributed by atoms with Crippen LogP contribution in [-0.2, 0) is 10.0 Å². The fraction of sp³-hybridized carbons (Fsp3) is 0.538. The van der Waals surface area contributed by atoms with Crippen molar-refractivity contribution in [1.29, 1.82) is 0 Å². The average Bonchev–Trinajstić information content (AvgIpc) is 2.27. The molecule has 4 nitrogen and oxygen atoms in total. The molecular formula is C13H19ClN2O2S. The molecule has 0 heterocycles. The predicted molar refractivity (Wildman–Crippen MR) is 77.8 cm³/mol. The van der Waals surface area contributed by atoms with Crippen LogP contribution >= 0.6 is 11.6 Å². The van der Waals surface area contributed by atoms with Crippen LogP contribution in [0.3, 0.4) is 0 Å². The van der Waals surface area contributed by atoms with Crippen molar-refractivity contribution in [3.8, 4) is 0 Å². The number of rotatable bonds is 6. The summed E-state index contributed by atoms with van der Waals surface area (Å²) in [6.45, 7) is 0.691. The summed E-state index contributed by atoms with van der Waals surface area (Å²) in [5, 5.41) is 9.12. The summed E-state index contributed by atoms with van der Waals surface area (Å²) in [6.07, 6.45) is 2.67. The normalized spacial score (nSPS) is 23.1. The monoisotopic (exact) mass is 302 g/mol. The molecule has 3 N–H and O–H groups in total. The third kappa shape index (κ3) is 4.45. The molecule has 1 fully saturated rings. The van der Waals surface area contributed by atoms with E-state index in [0.717, 1.165) is 17.9 Å². The van der Waals surface area contributed by atoms with Crippen LogP contribution in [0.4, 0.5) is 0 Å². The minimum absolute atomic E-state index is 0.0423. The summed E-state index contributed by atoms with van der Waals surface area (Å²) < 4.78 is 21.5. The molecule has 6 heteroatoms. The molecule has 0 unspecified atom stereocenters. The zero-order valence-corrected chi connectivity index (χ0v) is 12.3. The van der Waals surface area contributed by atoms with E-state index in [2.05, 4.69) is 11.4 Å². The quantitative estimate of drug-likeness (QED) is 0.788. The van der Waals surface area contributed by atoms with Gasteiger partial charge in [-0.15, -0.1) is 0 Å². The van der Waals surface area contributed by atoms with Crippen LogP contribution in [0.5, 0.6) is 0 Å². The third-order valence-electron chi connectivity index (χ3n) is 3.52. The van der Waals surface area contributed by atoms with E-state index in [0.29, 0.717) is 24.9 Å². The Balaban J connectivity index is 1.68. The molecule has 0 saturated heterocycles. The molecule has 19 heavy (non-hydrogen) atoms. The highest BCUT2D eigenvalue weighted by Gasteiger charge is 2.30. The van der Waals surface area contributed by atoms with Gasteiger partial charge in [-0.3, -0.25) is 0 Å². The van der Waals surface area contributed by atoms with E-state index in [4.69, 9.17) is 16.7 Å². The second kappa shape index (κ2) is 6.22. The maximum absolute atomic E-state index is 10.8. The Morgan fingerprint density at radius 2 is 2.00 bits per heavy atom. The lowest BCUT2D eigenvalue weighted by atomic mass is 9.76. The van der Waals surface area contributed by atoms with Crippen LogP contribution in [0, 0.1) is 0 Å². The Morgan fingerprint density at radius 1 is 1.32 bits per heavy atom. The predicted octanol–water partition coefficient (Wildman–Crippen LogP) is 1.85. The van der Waals surface area contributed by atoms with Gasteiger partial charge in [-0.2, -0.15) is 0 Å². The highest BCUT2D eigenvalue weighted by molar-refractivity contribution is 7.89. The number of nitrogens with two attached hydrogens (primary N) is 1. The molecule has 0 amide bonds. The summed E-state index contributed by atoms with van der Waals surface area (Å²) >= 11 is 6.16. The molecule has 0 spiro atoms. The first-order chi connectivity index (χ1) is 8.96. The van der Waals surface area contributed by atoms with Gasteiger partial charge in [0, 0.05) is 11.1 Å². The highest BCUT2D eigenvalue weighted by Crippen LogP contribution is 2.39. The molecule has 0 atom stereocenters. The minimum Gasteiger partial charge on any atom is -0.314 e. The second-order valence-corrected chi connectivity index (χ2v) is 7.20. The molecule has 106 valence electrons. The zero-order valence-electron chi connectivity index (χ0n) is 10.7. The molecule has 1 saturated carbocycles. The number of hydrogen-bond donors (Lipinski definition) is 2. The van der Waals surface area contributed by atoms with Crippen LogP contribution in [0.15, 0.2) is 24.3 Å². The Labute approximate surface area is 119 Å². The van der Waals surface area contributed by atoms with Crippen molar-refractivity contribution >= 4 is 21.6 Å². The summed E-state index contributed by atoms with van der Waals surface area (Å²) in [5.41, 5.74) is 1.21. The van der Waals surface area contributed by atoms with E-state index < -0.39 is 10.0 Å². The van der Waals surface area contributed by atoms with Crippen molar-refractivity contribution in [2.75, 3.05) is 12.3 Å². The topological polar surface area (TPSA) is 72.2 Å². The van der Waals surface area contributed by atoms with Crippen molar-refractivity contribution in [2.45, 2.75) is 31.2 Å². The molecule has 1 aliphatic rings. The van der Waals surface area contributed by atoms with Crippen LogP contribution in [0.1, 0.15) is 30.7 Å². The van der Waals surface area contributed by atoms with Crippen molar-refractivity contribution < 1.29 is 8.42 Å². The molecule has 2 rings (SSSR count). The molecule has 0 radical (unpaired) electrons. The number of nitrogens with one attached hydrogen (secondary N) is 1. The first-order valence-electron chi connectivity index (χ1n) is 6.44. The zero-order chi connectivity index (χ0) is 13.9. The van der Waals surface area contributed by atoms with Gasteiger partial charge >= 0.3 is 0 Å². The number of primary sulfonamides is 1. The maximum Gasteiger partial charge on any atom is 0.209 e. The molecular weight excluding hydrogens is 284 g/mol. The Kier molecular flexibility index (Phi) is 4.84. The summed E-state index contributed by atoms with van der Waals surface area (Å²) in [4.78, 5) is 0. The summed E-state index contributed by atoms with van der Waals surface area (Å²) in [7, 11) is -3.33. The lowest BCUT2D eigenvalue weighted by Gasteiger charge is -2.36. The van der Waals surface area contributed by atoms with Crippen molar-refractivity contribution in [3.63, 3.8) is 0 Å². The number of hydrogen-bond acceptors (Lipinski definition) is 3. The van der Waals surface area contributed by atoms with Gasteiger partial charge in [0.05, 0.1) is 5.75 Å². The van der Waals surface area contributed by atoms with Crippen LogP contribution in [-0.4, -0.2) is 26.8 Å². The first-order valence-corrected chi connectivity index (χ1v) is 8.53. The van der Waals surface area contributed by atoms with E-state index in [1.165, 1.54) is 5.56 Å². The second-order valence-electron chi connectivity index (χ2n) is 5.06. The fourth-order valence-corrected chi connectivity index (χ4v) is 3.26. The van der Waals surface area contributed by atoms with Gasteiger partial charge in [-0.25, -0.2) is 13.6 Å². The van der Waals surface area contributed by atoms with E-state index >= 15 is 0 Å². The molecule has 1 aliphatic carbocycles. The van der Waals surface area contributed by atoms with E-state index in [1.54, 1.807) is 0 Å². The van der Waals surface area contributed by atoms with Gasteiger partial charge in [0.25, 0.3) is 0 Å². The maximum atomic E-state index is 10.8. The molecule has 0 aliphatic heterocycles. The smallest absolute Gasteiger partial charge is 0.209 e. The van der Waals surface area contributed by atoms with Gasteiger partial charge in [0.1, 0.15) is 0 Å². The lowest BCUT2D eigenvalue weighted by molar-refractivity contribution is 0.292. The Bertz CT molecular complexity index is 527.